The molecule has 0 spiro atoms. The molecule has 1 aromatic rings. The lowest BCUT2D eigenvalue weighted by atomic mass is 9.90. The second kappa shape index (κ2) is 7.41. The van der Waals surface area contributed by atoms with E-state index in [4.69, 9.17) is 0 Å². The Hall–Kier alpha value is -0.380. The van der Waals surface area contributed by atoms with E-state index in [1.807, 2.05) is 11.3 Å². The zero-order valence-corrected chi connectivity index (χ0v) is 13.4. The van der Waals surface area contributed by atoms with Crippen LogP contribution in [-0.4, -0.2) is 37.1 Å². The van der Waals surface area contributed by atoms with E-state index >= 15 is 0 Å². The van der Waals surface area contributed by atoms with Crippen molar-refractivity contribution in [1.82, 2.24) is 10.2 Å². The molecule has 1 aromatic heterocycles. The monoisotopic (exact) mass is 280 g/mol. The van der Waals surface area contributed by atoms with Crippen LogP contribution in [0.4, 0.5) is 0 Å². The van der Waals surface area contributed by atoms with Gasteiger partial charge in [-0.2, -0.15) is 0 Å². The number of hydrogen-bond donors (Lipinski definition) is 1. The van der Waals surface area contributed by atoms with Gasteiger partial charge >= 0.3 is 0 Å². The van der Waals surface area contributed by atoms with Crippen molar-refractivity contribution in [2.75, 3.05) is 20.1 Å². The molecule has 0 radical (unpaired) electrons. The van der Waals surface area contributed by atoms with Gasteiger partial charge in [-0.15, -0.1) is 11.3 Å². The average molecular weight is 280 g/mol. The molecular formula is C16H28N2S. The van der Waals surface area contributed by atoms with Crippen molar-refractivity contribution in [2.45, 2.75) is 51.6 Å². The number of nitrogens with zero attached hydrogens (tertiary/aromatic N) is 1. The minimum absolute atomic E-state index is 0.627. The first-order valence-corrected chi connectivity index (χ1v) is 8.53. The Morgan fingerprint density at radius 2 is 2.37 bits per heavy atom. The molecule has 3 unspecified atom stereocenters. The maximum absolute atomic E-state index is 3.69. The summed E-state index contributed by atoms with van der Waals surface area (Å²) in [5.41, 5.74) is 0. The molecule has 1 saturated heterocycles. The predicted octanol–water partition coefficient (Wildman–Crippen LogP) is 3.39. The Morgan fingerprint density at radius 1 is 1.53 bits per heavy atom. The van der Waals surface area contributed by atoms with Crippen LogP contribution in [0.3, 0.4) is 0 Å². The highest BCUT2D eigenvalue weighted by Gasteiger charge is 2.22. The molecule has 0 amide bonds. The molecule has 1 aliphatic rings. The van der Waals surface area contributed by atoms with Gasteiger partial charge in [0.1, 0.15) is 0 Å². The first kappa shape index (κ1) is 15.0. The van der Waals surface area contributed by atoms with Crippen molar-refractivity contribution < 1.29 is 0 Å². The smallest absolute Gasteiger partial charge is 0.0197 e. The van der Waals surface area contributed by atoms with Gasteiger partial charge in [-0.25, -0.2) is 0 Å². The first-order valence-electron chi connectivity index (χ1n) is 7.65. The highest BCUT2D eigenvalue weighted by Crippen LogP contribution is 2.20. The lowest BCUT2D eigenvalue weighted by Crippen LogP contribution is -2.47. The summed E-state index contributed by atoms with van der Waals surface area (Å²) < 4.78 is 0. The van der Waals surface area contributed by atoms with Crippen LogP contribution in [0, 0.1) is 5.92 Å². The van der Waals surface area contributed by atoms with Gasteiger partial charge in [-0.3, -0.25) is 0 Å². The minimum atomic E-state index is 0.627. The van der Waals surface area contributed by atoms with E-state index < -0.39 is 0 Å². The molecule has 1 N–H and O–H groups in total. The zero-order chi connectivity index (χ0) is 13.7. The van der Waals surface area contributed by atoms with Crippen LogP contribution in [0.1, 0.15) is 38.0 Å². The van der Waals surface area contributed by atoms with E-state index in [9.17, 15) is 0 Å². The van der Waals surface area contributed by atoms with Crippen molar-refractivity contribution in [1.29, 1.82) is 0 Å². The van der Waals surface area contributed by atoms with E-state index in [0.717, 1.165) is 5.92 Å². The summed E-state index contributed by atoms with van der Waals surface area (Å²) in [6.07, 6.45) is 5.23. The van der Waals surface area contributed by atoms with Gasteiger partial charge in [0.25, 0.3) is 0 Å². The summed E-state index contributed by atoms with van der Waals surface area (Å²) >= 11 is 1.88. The van der Waals surface area contributed by atoms with Gasteiger partial charge in [0.2, 0.25) is 0 Å². The number of likely N-dealkylation sites (N-methyl/N-ethyl adjacent to an activating group) is 1. The molecule has 108 valence electrons. The third-order valence-corrected chi connectivity index (χ3v) is 5.42. The first-order chi connectivity index (χ1) is 9.19. The predicted molar refractivity (Wildman–Crippen MR) is 84.9 cm³/mol. The van der Waals surface area contributed by atoms with E-state index in [2.05, 4.69) is 48.6 Å². The molecule has 0 bridgehead atoms. The van der Waals surface area contributed by atoms with Crippen LogP contribution in [0.5, 0.6) is 0 Å². The number of thiophene rings is 1. The van der Waals surface area contributed by atoms with Crippen molar-refractivity contribution in [3.8, 4) is 0 Å². The summed E-state index contributed by atoms with van der Waals surface area (Å²) in [4.78, 5) is 4.03. The Kier molecular flexibility index (Phi) is 5.86. The standard InChI is InChI=1S/C16H28N2S/c1-4-14-7-8-17-15(11-14)12-18(3)13(2)10-16-6-5-9-19-16/h5-6,9,13-15,17H,4,7-8,10-12H2,1-3H3. The molecule has 3 atom stereocenters. The van der Waals surface area contributed by atoms with Crippen LogP contribution in [0.25, 0.3) is 0 Å². The molecule has 2 rings (SSSR count). The van der Waals surface area contributed by atoms with E-state index in [0.29, 0.717) is 12.1 Å². The molecule has 0 saturated carbocycles. The normalized spacial score (nSPS) is 25.7. The second-order valence-corrected chi connectivity index (χ2v) is 7.05. The summed E-state index contributed by atoms with van der Waals surface area (Å²) in [5.74, 6) is 0.937. The SMILES string of the molecule is CCC1CCNC(CN(C)C(C)Cc2cccs2)C1. The minimum Gasteiger partial charge on any atom is -0.313 e. The number of nitrogens with one attached hydrogen (secondary N) is 1. The molecule has 1 aliphatic heterocycles. The van der Waals surface area contributed by atoms with E-state index in [1.165, 1.54) is 43.6 Å². The van der Waals surface area contributed by atoms with Crippen LogP contribution in [-0.2, 0) is 6.42 Å². The van der Waals surface area contributed by atoms with Gasteiger partial charge in [0.05, 0.1) is 0 Å². The van der Waals surface area contributed by atoms with Crippen molar-refractivity contribution in [3.05, 3.63) is 22.4 Å². The van der Waals surface area contributed by atoms with Gasteiger partial charge in [-0.05, 0) is 57.1 Å². The molecular weight excluding hydrogens is 252 g/mol. The Labute approximate surface area is 122 Å². The molecule has 19 heavy (non-hydrogen) atoms. The van der Waals surface area contributed by atoms with E-state index in [1.54, 1.807) is 0 Å². The second-order valence-electron chi connectivity index (χ2n) is 6.02. The van der Waals surface area contributed by atoms with Crippen LogP contribution < -0.4 is 5.32 Å². The molecule has 1 fully saturated rings. The molecule has 2 nitrogen and oxygen atoms in total. The third kappa shape index (κ3) is 4.59. The van der Waals surface area contributed by atoms with Gasteiger partial charge in [0.15, 0.2) is 0 Å². The maximum Gasteiger partial charge on any atom is 0.0197 e. The quantitative estimate of drug-likeness (QED) is 0.859. The lowest BCUT2D eigenvalue weighted by molar-refractivity contribution is 0.191. The average Bonchev–Trinajstić information content (AvgIpc) is 2.91. The Balaban J connectivity index is 1.77. The summed E-state index contributed by atoms with van der Waals surface area (Å²) in [7, 11) is 2.27. The zero-order valence-electron chi connectivity index (χ0n) is 12.6. The van der Waals surface area contributed by atoms with E-state index in [-0.39, 0.29) is 0 Å². The summed E-state index contributed by atoms with van der Waals surface area (Å²) in [6, 6.07) is 5.72. The molecule has 0 aliphatic carbocycles. The fraction of sp³-hybridized carbons (Fsp3) is 0.750. The maximum atomic E-state index is 3.69. The van der Waals surface area contributed by atoms with Crippen molar-refractivity contribution in [3.63, 3.8) is 0 Å². The van der Waals surface area contributed by atoms with Crippen LogP contribution in [0.2, 0.25) is 0 Å². The van der Waals surface area contributed by atoms with Crippen molar-refractivity contribution in [2.24, 2.45) is 5.92 Å². The highest BCUT2D eigenvalue weighted by molar-refractivity contribution is 7.09. The van der Waals surface area contributed by atoms with Gasteiger partial charge in [-0.1, -0.05) is 19.4 Å². The Morgan fingerprint density at radius 3 is 3.05 bits per heavy atom. The Bertz CT molecular complexity index is 350. The number of rotatable bonds is 6. The van der Waals surface area contributed by atoms with Gasteiger partial charge in [0, 0.05) is 23.5 Å². The van der Waals surface area contributed by atoms with Crippen LogP contribution in [0.15, 0.2) is 17.5 Å². The molecule has 3 heteroatoms. The molecule has 0 aromatic carbocycles. The third-order valence-electron chi connectivity index (χ3n) is 4.52. The largest absolute Gasteiger partial charge is 0.313 e. The summed E-state index contributed by atoms with van der Waals surface area (Å²) in [5, 5.41) is 5.87. The lowest BCUT2D eigenvalue weighted by Gasteiger charge is -2.34. The molecule has 2 heterocycles. The van der Waals surface area contributed by atoms with Crippen molar-refractivity contribution >= 4 is 11.3 Å². The fourth-order valence-corrected chi connectivity index (χ4v) is 3.83. The summed E-state index contributed by atoms with van der Waals surface area (Å²) in [6.45, 7) is 7.06. The number of hydrogen-bond acceptors (Lipinski definition) is 3. The topological polar surface area (TPSA) is 15.3 Å². The van der Waals surface area contributed by atoms with Crippen LogP contribution >= 0.6 is 11.3 Å². The number of piperidine rings is 1. The highest BCUT2D eigenvalue weighted by atomic mass is 32.1. The van der Waals surface area contributed by atoms with Gasteiger partial charge < -0.3 is 10.2 Å². The fourth-order valence-electron chi connectivity index (χ4n) is 3.01.